The minimum Gasteiger partial charge on any atom is -0.501 e. The zero-order valence-electron chi connectivity index (χ0n) is 17.7. The van der Waals surface area contributed by atoms with Gasteiger partial charge >= 0.3 is 0 Å². The number of nitrogens with zero attached hydrogens (tertiary/aromatic N) is 3. The van der Waals surface area contributed by atoms with E-state index in [9.17, 15) is 27.5 Å². The largest absolute Gasteiger partial charge is 0.501 e. The summed E-state index contributed by atoms with van der Waals surface area (Å²) in [4.78, 5) is 31.5. The Morgan fingerprint density at radius 2 is 1.97 bits per heavy atom. The van der Waals surface area contributed by atoms with Crippen LogP contribution >= 0.6 is 0 Å². The summed E-state index contributed by atoms with van der Waals surface area (Å²) in [5, 5.41) is 12.8. The number of hydrogen-bond acceptors (Lipinski definition) is 7. The SMILES string of the molecule is CS(=O)(=O)c1cc(F)ccc1CNC(=O)c1nc2n(c(=O)c1O)CCN2C1CCCCC1. The predicted molar refractivity (Wildman–Crippen MR) is 115 cm³/mol. The summed E-state index contributed by atoms with van der Waals surface area (Å²) in [6, 6.07) is 3.48. The number of nitrogens with one attached hydrogen (secondary N) is 1. The molecule has 11 heteroatoms. The lowest BCUT2D eigenvalue weighted by Gasteiger charge is -2.31. The number of sulfone groups is 1. The maximum atomic E-state index is 13.5. The van der Waals surface area contributed by atoms with Crippen LogP contribution in [0.4, 0.5) is 10.3 Å². The van der Waals surface area contributed by atoms with Gasteiger partial charge in [-0.1, -0.05) is 25.3 Å². The van der Waals surface area contributed by atoms with E-state index < -0.39 is 38.6 Å². The van der Waals surface area contributed by atoms with Crippen molar-refractivity contribution in [2.45, 2.75) is 56.1 Å². The number of hydrogen-bond donors (Lipinski definition) is 2. The molecule has 2 N–H and O–H groups in total. The molecular weight excluding hydrogens is 439 g/mol. The molecule has 1 saturated carbocycles. The number of aromatic nitrogens is 2. The number of benzene rings is 1. The van der Waals surface area contributed by atoms with Crippen LogP contribution in [0.15, 0.2) is 27.9 Å². The van der Waals surface area contributed by atoms with Gasteiger partial charge in [-0.05, 0) is 30.5 Å². The highest BCUT2D eigenvalue weighted by molar-refractivity contribution is 7.90. The Balaban J connectivity index is 1.60. The van der Waals surface area contributed by atoms with Crippen molar-refractivity contribution in [3.63, 3.8) is 0 Å². The summed E-state index contributed by atoms with van der Waals surface area (Å²) in [6.07, 6.45) is 6.27. The van der Waals surface area contributed by atoms with Crippen LogP contribution in [0, 0.1) is 5.82 Å². The zero-order chi connectivity index (χ0) is 23.0. The highest BCUT2D eigenvalue weighted by Gasteiger charge is 2.32. The fourth-order valence-corrected chi connectivity index (χ4v) is 5.38. The molecular formula is C21H25FN4O5S. The number of anilines is 1. The van der Waals surface area contributed by atoms with Crippen LogP contribution in [0.3, 0.4) is 0 Å². The van der Waals surface area contributed by atoms with Crippen molar-refractivity contribution < 1.29 is 22.7 Å². The van der Waals surface area contributed by atoms with Gasteiger partial charge in [-0.15, -0.1) is 0 Å². The van der Waals surface area contributed by atoms with Gasteiger partial charge in [0.15, 0.2) is 15.5 Å². The summed E-state index contributed by atoms with van der Waals surface area (Å²) >= 11 is 0. The molecule has 32 heavy (non-hydrogen) atoms. The quantitative estimate of drug-likeness (QED) is 0.689. The first-order valence-electron chi connectivity index (χ1n) is 10.5. The second-order valence-corrected chi connectivity index (χ2v) is 10.2. The van der Waals surface area contributed by atoms with E-state index in [0.717, 1.165) is 44.1 Å². The van der Waals surface area contributed by atoms with Gasteiger partial charge in [-0.3, -0.25) is 14.2 Å². The average molecular weight is 465 g/mol. The van der Waals surface area contributed by atoms with Crippen LogP contribution in [0.2, 0.25) is 0 Å². The van der Waals surface area contributed by atoms with Gasteiger partial charge in [-0.2, -0.15) is 0 Å². The number of halogens is 1. The fourth-order valence-electron chi connectivity index (χ4n) is 4.44. The molecule has 9 nitrogen and oxygen atoms in total. The van der Waals surface area contributed by atoms with Crippen molar-refractivity contribution >= 4 is 21.7 Å². The van der Waals surface area contributed by atoms with Crippen LogP contribution in [0.1, 0.15) is 48.2 Å². The van der Waals surface area contributed by atoms with E-state index in [-0.39, 0.29) is 23.0 Å². The molecule has 0 radical (unpaired) electrons. The van der Waals surface area contributed by atoms with Crippen LogP contribution < -0.4 is 15.8 Å². The van der Waals surface area contributed by atoms with E-state index in [1.54, 1.807) is 0 Å². The first kappa shape index (κ1) is 22.3. The summed E-state index contributed by atoms with van der Waals surface area (Å²) in [6.45, 7) is 0.735. The molecule has 1 aromatic carbocycles. The minimum atomic E-state index is -3.73. The van der Waals surface area contributed by atoms with Gasteiger partial charge < -0.3 is 15.3 Å². The molecule has 172 valence electrons. The molecule has 1 fully saturated rings. The van der Waals surface area contributed by atoms with E-state index in [1.165, 1.54) is 17.1 Å². The first-order chi connectivity index (χ1) is 15.2. The zero-order valence-corrected chi connectivity index (χ0v) is 18.5. The molecule has 1 aromatic heterocycles. The Labute approximate surface area is 184 Å². The van der Waals surface area contributed by atoms with Gasteiger partial charge in [0, 0.05) is 31.9 Å². The molecule has 2 aliphatic rings. The minimum absolute atomic E-state index is 0.184. The Morgan fingerprint density at radius 1 is 1.25 bits per heavy atom. The second-order valence-electron chi connectivity index (χ2n) is 8.26. The maximum absolute atomic E-state index is 13.5. The third kappa shape index (κ3) is 4.21. The predicted octanol–water partition coefficient (Wildman–Crippen LogP) is 1.57. The summed E-state index contributed by atoms with van der Waals surface area (Å²) in [7, 11) is -3.73. The van der Waals surface area contributed by atoms with Crippen molar-refractivity contribution in [1.29, 1.82) is 0 Å². The molecule has 0 saturated heterocycles. The van der Waals surface area contributed by atoms with E-state index in [2.05, 4.69) is 10.3 Å². The molecule has 4 rings (SSSR count). The number of aromatic hydroxyl groups is 1. The average Bonchev–Trinajstić information content (AvgIpc) is 3.19. The molecule has 1 aliphatic carbocycles. The normalized spacial score (nSPS) is 16.8. The lowest BCUT2D eigenvalue weighted by Crippen LogP contribution is -2.37. The van der Waals surface area contributed by atoms with Gasteiger partial charge in [0.25, 0.3) is 11.5 Å². The molecule has 1 aliphatic heterocycles. The van der Waals surface area contributed by atoms with Crippen molar-refractivity contribution in [1.82, 2.24) is 14.9 Å². The van der Waals surface area contributed by atoms with E-state index in [4.69, 9.17) is 0 Å². The summed E-state index contributed by atoms with van der Waals surface area (Å²) < 4.78 is 38.8. The molecule has 0 bridgehead atoms. The standard InChI is InChI=1S/C21H25FN4O5S/c1-32(30,31)16-11-14(22)8-7-13(16)12-23-19(28)17-18(27)20(29)26-10-9-25(21(26)24-17)15-5-3-2-4-6-15/h7-8,11,15,27H,2-6,9-10,12H2,1H3,(H,23,28). The third-order valence-electron chi connectivity index (χ3n) is 6.05. The summed E-state index contributed by atoms with van der Waals surface area (Å²) in [5.74, 6) is -1.92. The lowest BCUT2D eigenvalue weighted by molar-refractivity contribution is 0.0942. The second kappa shape index (κ2) is 8.53. The fraction of sp³-hybridized carbons (Fsp3) is 0.476. The molecule has 2 heterocycles. The number of carbonyl (C=O) groups excluding carboxylic acids is 1. The Morgan fingerprint density at radius 3 is 2.66 bits per heavy atom. The third-order valence-corrected chi connectivity index (χ3v) is 7.22. The molecule has 0 spiro atoms. The molecule has 1 amide bonds. The van der Waals surface area contributed by atoms with Gasteiger partial charge in [0.1, 0.15) is 5.82 Å². The number of fused-ring (bicyclic) bond motifs is 1. The Hall–Kier alpha value is -2.95. The number of carbonyl (C=O) groups is 1. The molecule has 2 aromatic rings. The maximum Gasteiger partial charge on any atom is 0.298 e. The van der Waals surface area contributed by atoms with Gasteiger partial charge in [0.2, 0.25) is 11.7 Å². The lowest BCUT2D eigenvalue weighted by atomic mass is 9.94. The highest BCUT2D eigenvalue weighted by atomic mass is 32.2. The van der Waals surface area contributed by atoms with Gasteiger partial charge in [-0.25, -0.2) is 17.8 Å². The highest BCUT2D eigenvalue weighted by Crippen LogP contribution is 2.30. The van der Waals surface area contributed by atoms with E-state index in [0.29, 0.717) is 19.0 Å². The summed E-state index contributed by atoms with van der Waals surface area (Å²) in [5.41, 5.74) is -0.910. The van der Waals surface area contributed by atoms with Crippen molar-refractivity contribution in [3.05, 3.63) is 45.6 Å². The first-order valence-corrected chi connectivity index (χ1v) is 12.4. The van der Waals surface area contributed by atoms with Crippen molar-refractivity contribution in [2.75, 3.05) is 17.7 Å². The van der Waals surface area contributed by atoms with Crippen LogP contribution in [-0.4, -0.2) is 47.8 Å². The van der Waals surface area contributed by atoms with Crippen molar-refractivity contribution in [2.24, 2.45) is 0 Å². The molecule has 0 unspecified atom stereocenters. The van der Waals surface area contributed by atoms with Gasteiger partial charge in [0.05, 0.1) is 4.90 Å². The number of rotatable bonds is 5. The van der Waals surface area contributed by atoms with E-state index >= 15 is 0 Å². The topological polar surface area (TPSA) is 122 Å². The monoisotopic (exact) mass is 464 g/mol. The van der Waals surface area contributed by atoms with Crippen LogP contribution in [0.5, 0.6) is 5.75 Å². The van der Waals surface area contributed by atoms with Crippen LogP contribution in [-0.2, 0) is 22.9 Å². The van der Waals surface area contributed by atoms with E-state index in [1.807, 2.05) is 4.90 Å². The van der Waals surface area contributed by atoms with Crippen molar-refractivity contribution in [3.8, 4) is 5.75 Å². The molecule has 0 atom stereocenters. The Bertz CT molecular complexity index is 1220. The Kier molecular flexibility index (Phi) is 5.93. The smallest absolute Gasteiger partial charge is 0.298 e. The number of amides is 1. The van der Waals surface area contributed by atoms with Crippen LogP contribution in [0.25, 0.3) is 0 Å².